The van der Waals surface area contributed by atoms with Crippen LogP contribution in [0.1, 0.15) is 53.4 Å². The highest BCUT2D eigenvalue weighted by molar-refractivity contribution is 8.04. The van der Waals surface area contributed by atoms with Gasteiger partial charge in [0.25, 0.3) is 0 Å². The van der Waals surface area contributed by atoms with Gasteiger partial charge in [-0.2, -0.15) is 0 Å². The third kappa shape index (κ3) is 15.9. The van der Waals surface area contributed by atoms with Crippen LogP contribution >= 0.6 is 19.4 Å². The Labute approximate surface area is 133 Å². The summed E-state index contributed by atoms with van der Waals surface area (Å²) in [5.74, 6) is 0.667. The Kier molecular flexibility index (Phi) is 11.2. The Balaban J connectivity index is 3.88. The van der Waals surface area contributed by atoms with E-state index in [2.05, 4.69) is 45.9 Å². The summed E-state index contributed by atoms with van der Waals surface area (Å²) in [4.78, 5) is 17.5. The fraction of sp³-hybridized carbons (Fsp3) is 0.625. The van der Waals surface area contributed by atoms with Crippen molar-refractivity contribution in [2.75, 3.05) is 11.2 Å². The second-order valence-corrected chi connectivity index (χ2v) is 8.73. The molecule has 0 aromatic rings. The topological polar surface area (TPSA) is 57.5 Å². The molecule has 0 aliphatic heterocycles. The smallest absolute Gasteiger partial charge is 0.324 e. The van der Waals surface area contributed by atoms with Crippen LogP contribution in [0.4, 0.5) is 0 Å². The van der Waals surface area contributed by atoms with Gasteiger partial charge in [0.2, 0.25) is 0 Å². The molecule has 0 atom stereocenters. The van der Waals surface area contributed by atoms with Crippen molar-refractivity contribution in [2.24, 2.45) is 0 Å². The maximum Gasteiger partial charge on any atom is 0.335 e. The largest absolute Gasteiger partial charge is 0.335 e. The predicted molar refractivity (Wildman–Crippen MR) is 94.8 cm³/mol. The average molecular weight is 332 g/mol. The van der Waals surface area contributed by atoms with E-state index in [1.54, 1.807) is 0 Å². The lowest BCUT2D eigenvalue weighted by Crippen LogP contribution is -1.85. The van der Waals surface area contributed by atoms with Gasteiger partial charge in [-0.3, -0.25) is 4.57 Å². The number of allylic oxidation sites excluding steroid dienone is 5. The Morgan fingerprint density at radius 2 is 1.48 bits per heavy atom. The zero-order chi connectivity index (χ0) is 16.3. The van der Waals surface area contributed by atoms with Crippen molar-refractivity contribution in [3.05, 3.63) is 34.9 Å². The van der Waals surface area contributed by atoms with Crippen LogP contribution in [0.2, 0.25) is 0 Å². The molecule has 122 valence electrons. The van der Waals surface area contributed by atoms with Crippen LogP contribution in [-0.4, -0.2) is 21.0 Å². The van der Waals surface area contributed by atoms with Crippen molar-refractivity contribution in [3.63, 3.8) is 0 Å². The van der Waals surface area contributed by atoms with Crippen LogP contribution < -0.4 is 0 Å². The zero-order valence-corrected chi connectivity index (χ0v) is 15.3. The monoisotopic (exact) mass is 332 g/mol. The molecule has 0 unspecified atom stereocenters. The minimum absolute atomic E-state index is 0.0971. The highest BCUT2D eigenvalue weighted by Gasteiger charge is 2.11. The summed E-state index contributed by atoms with van der Waals surface area (Å²) in [6.45, 7) is 8.49. The minimum atomic E-state index is -3.86. The molecule has 0 heterocycles. The van der Waals surface area contributed by atoms with E-state index in [1.807, 2.05) is 0 Å². The average Bonchev–Trinajstić information content (AvgIpc) is 2.33. The highest BCUT2D eigenvalue weighted by atomic mass is 32.2. The Hall–Kier alpha value is -0.280. The molecule has 21 heavy (non-hydrogen) atoms. The van der Waals surface area contributed by atoms with Gasteiger partial charge in [0, 0.05) is 5.75 Å². The Morgan fingerprint density at radius 3 is 2.00 bits per heavy atom. The molecule has 0 spiro atoms. The molecule has 3 nitrogen and oxygen atoms in total. The lowest BCUT2D eigenvalue weighted by atomic mass is 10.1. The van der Waals surface area contributed by atoms with Crippen LogP contribution in [0.15, 0.2) is 34.9 Å². The molecule has 0 rings (SSSR count). The molecular weight excluding hydrogens is 303 g/mol. The molecule has 5 heteroatoms. The van der Waals surface area contributed by atoms with E-state index < -0.39 is 7.60 Å². The first-order valence-electron chi connectivity index (χ1n) is 7.27. The van der Waals surface area contributed by atoms with E-state index >= 15 is 0 Å². The first-order valence-corrected chi connectivity index (χ1v) is 10.2. The molecule has 0 aromatic carbocycles. The van der Waals surface area contributed by atoms with Gasteiger partial charge in [-0.15, -0.1) is 11.8 Å². The standard InChI is InChI=1S/C16H29O3PS/c1-14(2)7-5-8-15(3)9-6-10-16(4)11-12-21-13-20(17,18)19/h7,9,11H,5-6,8,10,12-13H2,1-4H3,(H2,17,18,19)/b15-9+,16-11+. The number of rotatable bonds is 10. The van der Waals surface area contributed by atoms with E-state index in [0.717, 1.165) is 25.7 Å². The summed E-state index contributed by atoms with van der Waals surface area (Å²) >= 11 is 1.28. The lowest BCUT2D eigenvalue weighted by Gasteiger charge is -2.03. The summed E-state index contributed by atoms with van der Waals surface area (Å²) in [5.41, 5.74) is 3.98. The Bertz CT molecular complexity index is 429. The molecule has 0 aliphatic carbocycles. The van der Waals surface area contributed by atoms with Gasteiger partial charge < -0.3 is 9.79 Å². The molecule has 0 saturated carbocycles. The fourth-order valence-electron chi connectivity index (χ4n) is 1.71. The van der Waals surface area contributed by atoms with Crippen molar-refractivity contribution in [3.8, 4) is 0 Å². The van der Waals surface area contributed by atoms with Crippen LogP contribution in [0.5, 0.6) is 0 Å². The molecule has 0 radical (unpaired) electrons. The normalized spacial score (nSPS) is 13.4. The maximum atomic E-state index is 10.7. The first-order chi connectivity index (χ1) is 9.70. The van der Waals surface area contributed by atoms with Crippen molar-refractivity contribution in [2.45, 2.75) is 53.4 Å². The maximum absolute atomic E-state index is 10.7. The summed E-state index contributed by atoms with van der Waals surface area (Å²) < 4.78 is 10.7. The first kappa shape index (κ1) is 20.7. The lowest BCUT2D eigenvalue weighted by molar-refractivity contribution is 0.379. The van der Waals surface area contributed by atoms with Gasteiger partial charge in [-0.25, -0.2) is 0 Å². The molecule has 2 N–H and O–H groups in total. The Morgan fingerprint density at radius 1 is 0.952 bits per heavy atom. The molecule has 0 aromatic heterocycles. The van der Waals surface area contributed by atoms with Crippen molar-refractivity contribution in [1.82, 2.24) is 0 Å². The van der Waals surface area contributed by atoms with Gasteiger partial charge in [0.05, 0.1) is 5.49 Å². The van der Waals surface area contributed by atoms with Crippen LogP contribution in [0.3, 0.4) is 0 Å². The third-order valence-electron chi connectivity index (χ3n) is 2.93. The van der Waals surface area contributed by atoms with Crippen molar-refractivity contribution >= 4 is 19.4 Å². The second-order valence-electron chi connectivity index (χ2n) is 5.62. The number of hydrogen-bond acceptors (Lipinski definition) is 2. The SMILES string of the molecule is CC(C)=CCC/C(C)=C/CC/C(C)=C/CSCP(=O)(O)O. The fourth-order valence-corrected chi connectivity index (χ4v) is 3.49. The summed E-state index contributed by atoms with van der Waals surface area (Å²) in [5, 5.41) is 0. The van der Waals surface area contributed by atoms with Crippen molar-refractivity contribution < 1.29 is 14.4 Å². The van der Waals surface area contributed by atoms with E-state index in [1.165, 1.54) is 28.5 Å². The quantitative estimate of drug-likeness (QED) is 0.325. The number of thioether (sulfide) groups is 1. The second kappa shape index (κ2) is 11.3. The van der Waals surface area contributed by atoms with Crippen LogP contribution in [0.25, 0.3) is 0 Å². The highest BCUT2D eigenvalue weighted by Crippen LogP contribution is 2.38. The van der Waals surface area contributed by atoms with E-state index in [9.17, 15) is 4.57 Å². The van der Waals surface area contributed by atoms with Gasteiger partial charge in [0.15, 0.2) is 0 Å². The summed E-state index contributed by atoms with van der Waals surface area (Å²) in [6.07, 6.45) is 10.9. The van der Waals surface area contributed by atoms with Crippen LogP contribution in [0, 0.1) is 0 Å². The molecule has 0 saturated heterocycles. The molecule has 0 aliphatic rings. The molecule has 0 fully saturated rings. The van der Waals surface area contributed by atoms with Gasteiger partial charge in [0.1, 0.15) is 0 Å². The molecular formula is C16H29O3PS. The van der Waals surface area contributed by atoms with E-state index in [-0.39, 0.29) is 5.49 Å². The van der Waals surface area contributed by atoms with Crippen molar-refractivity contribution in [1.29, 1.82) is 0 Å². The number of hydrogen-bond donors (Lipinski definition) is 2. The van der Waals surface area contributed by atoms with E-state index in [0.29, 0.717) is 5.75 Å². The van der Waals surface area contributed by atoms with Crippen LogP contribution in [-0.2, 0) is 4.57 Å². The molecule has 0 bridgehead atoms. The zero-order valence-electron chi connectivity index (χ0n) is 13.6. The van der Waals surface area contributed by atoms with Gasteiger partial charge in [-0.1, -0.05) is 34.9 Å². The predicted octanol–water partition coefficient (Wildman–Crippen LogP) is 5.27. The van der Waals surface area contributed by atoms with E-state index in [4.69, 9.17) is 9.79 Å². The molecule has 0 amide bonds. The summed E-state index contributed by atoms with van der Waals surface area (Å²) in [6, 6.07) is 0. The van der Waals surface area contributed by atoms with Gasteiger partial charge in [-0.05, 0) is 53.4 Å². The summed E-state index contributed by atoms with van der Waals surface area (Å²) in [7, 11) is -3.86. The third-order valence-corrected chi connectivity index (χ3v) is 5.41. The minimum Gasteiger partial charge on any atom is -0.324 e. The van der Waals surface area contributed by atoms with Gasteiger partial charge >= 0.3 is 7.60 Å².